The minimum Gasteiger partial charge on any atom is -0.354 e. The molecule has 0 aliphatic rings. The number of thioether (sulfide) groups is 1. The summed E-state index contributed by atoms with van der Waals surface area (Å²) in [6, 6.07) is 19.5. The second kappa shape index (κ2) is 12.3. The number of hydrogen-bond donors (Lipinski definition) is 1. The number of nitrogens with one attached hydrogen (secondary N) is 1. The molecule has 0 aliphatic heterocycles. The number of carbonyl (C=O) groups excluding carboxylic acids is 2. The van der Waals surface area contributed by atoms with Crippen molar-refractivity contribution in [1.29, 1.82) is 0 Å². The summed E-state index contributed by atoms with van der Waals surface area (Å²) in [4.78, 5) is 28.7. The maximum absolute atomic E-state index is 13.1. The van der Waals surface area contributed by atoms with E-state index in [2.05, 4.69) is 31.3 Å². The van der Waals surface area contributed by atoms with E-state index in [0.717, 1.165) is 11.3 Å². The van der Waals surface area contributed by atoms with Gasteiger partial charge in [-0.3, -0.25) is 9.59 Å². The van der Waals surface area contributed by atoms with Crippen LogP contribution in [0.2, 0.25) is 0 Å². The van der Waals surface area contributed by atoms with Crippen molar-refractivity contribution in [3.8, 4) is 0 Å². The maximum Gasteiger partial charge on any atom is 0.242 e. The van der Waals surface area contributed by atoms with Crippen LogP contribution in [0.15, 0.2) is 65.6 Å². The van der Waals surface area contributed by atoms with Crippen LogP contribution in [0.4, 0.5) is 0 Å². The predicted molar refractivity (Wildman–Crippen MR) is 121 cm³/mol. The summed E-state index contributed by atoms with van der Waals surface area (Å²) in [5.74, 6) is 0.638. The van der Waals surface area contributed by atoms with E-state index in [1.165, 1.54) is 17.3 Å². The Kier molecular flexibility index (Phi) is 9.78. The third-order valence-corrected chi connectivity index (χ3v) is 5.66. The Bertz CT molecular complexity index is 750. The summed E-state index contributed by atoms with van der Waals surface area (Å²) in [5.41, 5.74) is 1.17. The Morgan fingerprint density at radius 3 is 2.21 bits per heavy atom. The molecule has 2 aromatic carbocycles. The third-order valence-electron chi connectivity index (χ3n) is 4.66. The molecule has 0 saturated carbocycles. The summed E-state index contributed by atoms with van der Waals surface area (Å²) >= 11 is 1.51. The van der Waals surface area contributed by atoms with Gasteiger partial charge in [-0.05, 0) is 36.5 Å². The standard InChI is InChI=1S/C24H32N2O2S/c1-4-22(24(28)25-17-19(2)3)26(16-15-20-11-7-5-8-12-20)23(27)18-29-21-13-9-6-10-14-21/h5-14,19,22H,4,15-18H2,1-3H3,(H,25,28). The molecule has 0 aromatic heterocycles. The first-order chi connectivity index (χ1) is 14.0. The normalized spacial score (nSPS) is 11.9. The predicted octanol–water partition coefficient (Wildman–Crippen LogP) is 4.40. The SMILES string of the molecule is CCC(C(=O)NCC(C)C)N(CCc1ccccc1)C(=O)CSc1ccccc1. The first-order valence-electron chi connectivity index (χ1n) is 10.3. The van der Waals surface area contributed by atoms with Gasteiger partial charge in [0.1, 0.15) is 6.04 Å². The first kappa shape index (κ1) is 23.0. The molecule has 1 atom stereocenters. The van der Waals surface area contributed by atoms with Crippen LogP contribution < -0.4 is 5.32 Å². The van der Waals surface area contributed by atoms with Crippen molar-refractivity contribution in [3.05, 3.63) is 66.2 Å². The smallest absolute Gasteiger partial charge is 0.242 e. The second-order valence-electron chi connectivity index (χ2n) is 7.49. The van der Waals surface area contributed by atoms with Crippen molar-refractivity contribution in [2.24, 2.45) is 5.92 Å². The van der Waals surface area contributed by atoms with Crippen molar-refractivity contribution in [2.45, 2.75) is 44.6 Å². The Morgan fingerprint density at radius 2 is 1.62 bits per heavy atom. The number of benzene rings is 2. The number of amides is 2. The highest BCUT2D eigenvalue weighted by atomic mass is 32.2. The van der Waals surface area contributed by atoms with Crippen LogP contribution in [-0.2, 0) is 16.0 Å². The molecule has 2 rings (SSSR count). The molecule has 0 aliphatic carbocycles. The highest BCUT2D eigenvalue weighted by Crippen LogP contribution is 2.19. The van der Waals surface area contributed by atoms with Crippen LogP contribution in [0.25, 0.3) is 0 Å². The van der Waals surface area contributed by atoms with E-state index in [9.17, 15) is 9.59 Å². The molecule has 0 spiro atoms. The average molecular weight is 413 g/mol. The highest BCUT2D eigenvalue weighted by molar-refractivity contribution is 8.00. The molecule has 0 heterocycles. The van der Waals surface area contributed by atoms with Gasteiger partial charge >= 0.3 is 0 Å². The Balaban J connectivity index is 2.09. The fourth-order valence-corrected chi connectivity index (χ4v) is 3.87. The van der Waals surface area contributed by atoms with Gasteiger partial charge in [-0.25, -0.2) is 0 Å². The van der Waals surface area contributed by atoms with E-state index in [4.69, 9.17) is 0 Å². The number of hydrogen-bond acceptors (Lipinski definition) is 3. The van der Waals surface area contributed by atoms with Crippen molar-refractivity contribution in [1.82, 2.24) is 10.2 Å². The van der Waals surface area contributed by atoms with Crippen molar-refractivity contribution < 1.29 is 9.59 Å². The fourth-order valence-electron chi connectivity index (χ4n) is 3.06. The van der Waals surface area contributed by atoms with Gasteiger partial charge in [0.2, 0.25) is 11.8 Å². The van der Waals surface area contributed by atoms with Gasteiger partial charge in [-0.1, -0.05) is 69.3 Å². The molecule has 2 amide bonds. The fraction of sp³-hybridized carbons (Fsp3) is 0.417. The second-order valence-corrected chi connectivity index (χ2v) is 8.54. The van der Waals surface area contributed by atoms with Gasteiger partial charge in [-0.2, -0.15) is 0 Å². The molecule has 29 heavy (non-hydrogen) atoms. The summed E-state index contributed by atoms with van der Waals surface area (Å²) in [6.07, 6.45) is 1.33. The molecule has 1 unspecified atom stereocenters. The lowest BCUT2D eigenvalue weighted by Gasteiger charge is -2.31. The summed E-state index contributed by atoms with van der Waals surface area (Å²) in [5, 5.41) is 3.00. The molecule has 156 valence electrons. The van der Waals surface area contributed by atoms with Crippen LogP contribution in [0.3, 0.4) is 0 Å². The van der Waals surface area contributed by atoms with Gasteiger partial charge < -0.3 is 10.2 Å². The zero-order valence-corrected chi connectivity index (χ0v) is 18.5. The molecule has 2 aromatic rings. The molecule has 1 N–H and O–H groups in total. The molecule has 5 heteroatoms. The van der Waals surface area contributed by atoms with E-state index >= 15 is 0 Å². The topological polar surface area (TPSA) is 49.4 Å². The van der Waals surface area contributed by atoms with Crippen LogP contribution in [0.1, 0.15) is 32.8 Å². The Hall–Kier alpha value is -2.27. The largest absolute Gasteiger partial charge is 0.354 e. The number of carbonyl (C=O) groups is 2. The highest BCUT2D eigenvalue weighted by Gasteiger charge is 2.28. The van der Waals surface area contributed by atoms with Crippen LogP contribution in [0.5, 0.6) is 0 Å². The molecule has 0 bridgehead atoms. The van der Waals surface area contributed by atoms with Gasteiger partial charge in [0.15, 0.2) is 0 Å². The first-order valence-corrected chi connectivity index (χ1v) is 11.3. The maximum atomic E-state index is 13.1. The van der Waals surface area contributed by atoms with Gasteiger partial charge in [0, 0.05) is 18.0 Å². The van der Waals surface area contributed by atoms with Gasteiger partial charge in [0.05, 0.1) is 5.75 Å². The van der Waals surface area contributed by atoms with E-state index in [1.807, 2.05) is 55.5 Å². The van der Waals surface area contributed by atoms with Crippen molar-refractivity contribution in [2.75, 3.05) is 18.8 Å². The summed E-state index contributed by atoms with van der Waals surface area (Å²) < 4.78 is 0. The minimum absolute atomic E-state index is 0.00123. The molecule has 0 fully saturated rings. The van der Waals surface area contributed by atoms with E-state index in [1.54, 1.807) is 4.90 Å². The van der Waals surface area contributed by atoms with E-state index in [0.29, 0.717) is 31.2 Å². The average Bonchev–Trinajstić information content (AvgIpc) is 2.74. The lowest BCUT2D eigenvalue weighted by Crippen LogP contribution is -2.51. The van der Waals surface area contributed by atoms with E-state index in [-0.39, 0.29) is 11.8 Å². The van der Waals surface area contributed by atoms with Crippen LogP contribution in [0, 0.1) is 5.92 Å². The lowest BCUT2D eigenvalue weighted by atomic mass is 10.1. The Morgan fingerprint density at radius 1 is 1.00 bits per heavy atom. The quantitative estimate of drug-likeness (QED) is 0.557. The van der Waals surface area contributed by atoms with Gasteiger partial charge in [-0.15, -0.1) is 11.8 Å². The minimum atomic E-state index is -0.443. The number of rotatable bonds is 11. The molecule has 0 saturated heterocycles. The zero-order valence-electron chi connectivity index (χ0n) is 17.6. The monoisotopic (exact) mass is 412 g/mol. The Labute approximate surface area is 179 Å². The third kappa shape index (κ3) is 7.94. The van der Waals surface area contributed by atoms with Crippen molar-refractivity contribution >= 4 is 23.6 Å². The molecule has 0 radical (unpaired) electrons. The van der Waals surface area contributed by atoms with E-state index < -0.39 is 6.04 Å². The lowest BCUT2D eigenvalue weighted by molar-refractivity contribution is -0.138. The van der Waals surface area contributed by atoms with Gasteiger partial charge in [0.25, 0.3) is 0 Å². The van der Waals surface area contributed by atoms with Crippen LogP contribution >= 0.6 is 11.8 Å². The zero-order chi connectivity index (χ0) is 21.1. The van der Waals surface area contributed by atoms with Crippen LogP contribution in [-0.4, -0.2) is 41.6 Å². The summed E-state index contributed by atoms with van der Waals surface area (Å²) in [6.45, 7) is 7.25. The van der Waals surface area contributed by atoms with Crippen molar-refractivity contribution in [3.63, 3.8) is 0 Å². The summed E-state index contributed by atoms with van der Waals surface area (Å²) in [7, 11) is 0. The molecular weight excluding hydrogens is 380 g/mol. The molecule has 4 nitrogen and oxygen atoms in total. The molecular formula is C24H32N2O2S. The number of nitrogens with zero attached hydrogens (tertiary/aromatic N) is 1.